The van der Waals surface area contributed by atoms with Gasteiger partial charge in [0.2, 0.25) is 5.91 Å². The maximum absolute atomic E-state index is 13.0. The molecule has 1 aromatic rings. The SMILES string of the molecule is CC(C)C(NC(=O)c1ccc(F)cc1)C(=O)NC1CCC(C(=O)O)CC1. The number of benzene rings is 1. The van der Waals surface area contributed by atoms with Gasteiger partial charge in [0.05, 0.1) is 5.92 Å². The van der Waals surface area contributed by atoms with Crippen LogP contribution in [0.2, 0.25) is 0 Å². The summed E-state index contributed by atoms with van der Waals surface area (Å²) in [5, 5.41) is 14.7. The third-order valence-electron chi connectivity index (χ3n) is 4.76. The van der Waals surface area contributed by atoms with Crippen molar-refractivity contribution < 1.29 is 23.9 Å². The molecule has 26 heavy (non-hydrogen) atoms. The second-order valence-electron chi connectivity index (χ2n) is 7.10. The van der Waals surface area contributed by atoms with Gasteiger partial charge in [-0.15, -0.1) is 0 Å². The Balaban J connectivity index is 1.94. The fourth-order valence-corrected chi connectivity index (χ4v) is 3.14. The van der Waals surface area contributed by atoms with Crippen molar-refractivity contribution in [3.8, 4) is 0 Å². The number of halogens is 1. The van der Waals surface area contributed by atoms with Crippen LogP contribution in [0.3, 0.4) is 0 Å². The number of rotatable bonds is 6. The fourth-order valence-electron chi connectivity index (χ4n) is 3.14. The average molecular weight is 364 g/mol. The monoisotopic (exact) mass is 364 g/mol. The summed E-state index contributed by atoms with van der Waals surface area (Å²) in [7, 11) is 0. The van der Waals surface area contributed by atoms with Crippen LogP contribution < -0.4 is 10.6 Å². The van der Waals surface area contributed by atoms with Crippen LogP contribution in [0.15, 0.2) is 24.3 Å². The van der Waals surface area contributed by atoms with E-state index in [1.54, 1.807) is 0 Å². The fraction of sp³-hybridized carbons (Fsp3) is 0.526. The van der Waals surface area contributed by atoms with Crippen LogP contribution in [-0.4, -0.2) is 35.0 Å². The molecule has 1 unspecified atom stereocenters. The third-order valence-corrected chi connectivity index (χ3v) is 4.76. The first-order valence-corrected chi connectivity index (χ1v) is 8.87. The summed E-state index contributed by atoms with van der Waals surface area (Å²) in [6.45, 7) is 3.66. The molecule has 3 N–H and O–H groups in total. The van der Waals surface area contributed by atoms with Crippen molar-refractivity contribution in [3.63, 3.8) is 0 Å². The molecule has 6 nitrogen and oxygen atoms in total. The minimum Gasteiger partial charge on any atom is -0.481 e. The summed E-state index contributed by atoms with van der Waals surface area (Å²) in [6.07, 6.45) is 2.29. The highest BCUT2D eigenvalue weighted by Gasteiger charge is 2.30. The Morgan fingerprint density at radius 1 is 1.08 bits per heavy atom. The lowest BCUT2D eigenvalue weighted by molar-refractivity contribution is -0.142. The van der Waals surface area contributed by atoms with E-state index in [2.05, 4.69) is 10.6 Å². The highest BCUT2D eigenvalue weighted by molar-refractivity contribution is 5.97. The zero-order chi connectivity index (χ0) is 19.3. The molecule has 1 atom stereocenters. The van der Waals surface area contributed by atoms with Gasteiger partial charge < -0.3 is 15.7 Å². The first kappa shape index (κ1) is 19.9. The molecular formula is C19H25FN2O4. The number of amides is 2. The van der Waals surface area contributed by atoms with Crippen LogP contribution >= 0.6 is 0 Å². The number of aliphatic carboxylic acids is 1. The van der Waals surface area contributed by atoms with Gasteiger partial charge in [0.15, 0.2) is 0 Å². The Labute approximate surface area is 152 Å². The molecule has 1 aliphatic rings. The first-order chi connectivity index (χ1) is 12.3. The molecule has 0 bridgehead atoms. The highest BCUT2D eigenvalue weighted by atomic mass is 19.1. The van der Waals surface area contributed by atoms with Gasteiger partial charge in [0.25, 0.3) is 5.91 Å². The number of carbonyl (C=O) groups excluding carboxylic acids is 2. The van der Waals surface area contributed by atoms with Crippen LogP contribution in [-0.2, 0) is 9.59 Å². The molecule has 1 aliphatic carbocycles. The smallest absolute Gasteiger partial charge is 0.306 e. The van der Waals surface area contributed by atoms with Crippen molar-refractivity contribution in [3.05, 3.63) is 35.6 Å². The Morgan fingerprint density at radius 3 is 2.15 bits per heavy atom. The highest BCUT2D eigenvalue weighted by Crippen LogP contribution is 2.24. The summed E-state index contributed by atoms with van der Waals surface area (Å²) in [4.78, 5) is 35.9. The molecule has 0 saturated heterocycles. The van der Waals surface area contributed by atoms with E-state index in [1.165, 1.54) is 24.3 Å². The molecule has 7 heteroatoms. The lowest BCUT2D eigenvalue weighted by Gasteiger charge is -2.29. The molecule has 0 spiro atoms. The number of carboxylic acid groups (broad SMARTS) is 1. The number of carboxylic acids is 1. The van der Waals surface area contributed by atoms with Crippen LogP contribution in [0, 0.1) is 17.7 Å². The standard InChI is InChI=1S/C19H25FN2O4/c1-11(2)16(22-17(23)12-3-7-14(20)8-4-12)18(24)21-15-9-5-13(6-10-15)19(25)26/h3-4,7-8,11,13,15-16H,5-6,9-10H2,1-2H3,(H,21,24)(H,22,23)(H,25,26). The maximum Gasteiger partial charge on any atom is 0.306 e. The number of nitrogens with one attached hydrogen (secondary N) is 2. The van der Waals surface area contributed by atoms with Gasteiger partial charge in [-0.2, -0.15) is 0 Å². The Morgan fingerprint density at radius 2 is 1.65 bits per heavy atom. The second kappa shape index (κ2) is 8.78. The van der Waals surface area contributed by atoms with Gasteiger partial charge in [0, 0.05) is 11.6 Å². The summed E-state index contributed by atoms with van der Waals surface area (Å²) in [5.41, 5.74) is 0.284. The molecule has 1 aromatic carbocycles. The second-order valence-corrected chi connectivity index (χ2v) is 7.10. The zero-order valence-corrected chi connectivity index (χ0v) is 15.0. The molecule has 2 amide bonds. The van der Waals surface area contributed by atoms with Crippen LogP contribution in [0.1, 0.15) is 49.9 Å². The van der Waals surface area contributed by atoms with Crippen LogP contribution in [0.25, 0.3) is 0 Å². The van der Waals surface area contributed by atoms with Gasteiger partial charge >= 0.3 is 5.97 Å². The molecule has 0 aromatic heterocycles. The Bertz CT molecular complexity index is 652. The predicted octanol–water partition coefficient (Wildman–Crippen LogP) is 2.34. The van der Waals surface area contributed by atoms with E-state index in [9.17, 15) is 18.8 Å². The van der Waals surface area contributed by atoms with E-state index in [-0.39, 0.29) is 29.3 Å². The van der Waals surface area contributed by atoms with Crippen molar-refractivity contribution in [2.45, 2.75) is 51.6 Å². The van der Waals surface area contributed by atoms with Crippen molar-refractivity contribution in [2.75, 3.05) is 0 Å². The first-order valence-electron chi connectivity index (χ1n) is 8.87. The molecule has 1 saturated carbocycles. The average Bonchev–Trinajstić information content (AvgIpc) is 2.60. The van der Waals surface area contributed by atoms with Crippen LogP contribution in [0.4, 0.5) is 4.39 Å². The zero-order valence-electron chi connectivity index (χ0n) is 15.0. The van der Waals surface area contributed by atoms with E-state index in [0.717, 1.165) is 0 Å². The van der Waals surface area contributed by atoms with Crippen molar-refractivity contribution >= 4 is 17.8 Å². The largest absolute Gasteiger partial charge is 0.481 e. The Kier molecular flexibility index (Phi) is 6.71. The molecule has 0 aliphatic heterocycles. The predicted molar refractivity (Wildman–Crippen MR) is 94.0 cm³/mol. The topological polar surface area (TPSA) is 95.5 Å². The van der Waals surface area contributed by atoms with E-state index >= 15 is 0 Å². The molecule has 1 fully saturated rings. The van der Waals surface area contributed by atoms with Crippen molar-refractivity contribution in [2.24, 2.45) is 11.8 Å². The molecule has 0 radical (unpaired) electrons. The Hall–Kier alpha value is -2.44. The van der Waals surface area contributed by atoms with E-state index in [4.69, 9.17) is 5.11 Å². The molecule has 142 valence electrons. The molecular weight excluding hydrogens is 339 g/mol. The molecule has 2 rings (SSSR count). The van der Waals surface area contributed by atoms with Gasteiger partial charge in [-0.05, 0) is 55.9 Å². The molecule has 0 heterocycles. The minimum atomic E-state index is -0.790. The number of hydrogen-bond donors (Lipinski definition) is 3. The summed E-state index contributed by atoms with van der Waals surface area (Å²) < 4.78 is 13.0. The third kappa shape index (κ3) is 5.28. The van der Waals surface area contributed by atoms with Gasteiger partial charge in [-0.25, -0.2) is 4.39 Å². The van der Waals surface area contributed by atoms with Crippen molar-refractivity contribution in [1.29, 1.82) is 0 Å². The minimum absolute atomic E-state index is 0.0814. The van der Waals surface area contributed by atoms with E-state index in [0.29, 0.717) is 25.7 Å². The van der Waals surface area contributed by atoms with Crippen molar-refractivity contribution in [1.82, 2.24) is 10.6 Å². The number of carbonyl (C=O) groups is 3. The summed E-state index contributed by atoms with van der Waals surface area (Å²) in [5.74, 6) is -2.42. The lowest BCUT2D eigenvalue weighted by atomic mass is 9.86. The normalized spacial score (nSPS) is 21.1. The maximum atomic E-state index is 13.0. The van der Waals surface area contributed by atoms with Gasteiger partial charge in [-0.3, -0.25) is 14.4 Å². The van der Waals surface area contributed by atoms with Crippen LogP contribution in [0.5, 0.6) is 0 Å². The summed E-state index contributed by atoms with van der Waals surface area (Å²) in [6, 6.07) is 4.33. The van der Waals surface area contributed by atoms with E-state index in [1.807, 2.05) is 13.8 Å². The van der Waals surface area contributed by atoms with Gasteiger partial charge in [0.1, 0.15) is 11.9 Å². The lowest BCUT2D eigenvalue weighted by Crippen LogP contribution is -2.52. The van der Waals surface area contributed by atoms with Gasteiger partial charge in [-0.1, -0.05) is 13.8 Å². The van der Waals surface area contributed by atoms with E-state index < -0.39 is 23.7 Å². The summed E-state index contributed by atoms with van der Waals surface area (Å²) >= 11 is 0. The quantitative estimate of drug-likeness (QED) is 0.722. The number of hydrogen-bond acceptors (Lipinski definition) is 3.